The minimum Gasteiger partial charge on any atom is -0.333 e. The van der Waals surface area contributed by atoms with Gasteiger partial charge in [-0.3, -0.25) is 9.78 Å². The number of rotatable bonds is 6. The van der Waals surface area contributed by atoms with Crippen LogP contribution in [0.5, 0.6) is 0 Å². The smallest absolute Gasteiger partial charge is 0.254 e. The van der Waals surface area contributed by atoms with Crippen LogP contribution in [-0.4, -0.2) is 48.4 Å². The summed E-state index contributed by atoms with van der Waals surface area (Å²) in [5.74, 6) is 0.0134. The highest BCUT2D eigenvalue weighted by Crippen LogP contribution is 2.23. The van der Waals surface area contributed by atoms with Crippen molar-refractivity contribution < 1.29 is 4.79 Å². The van der Waals surface area contributed by atoms with E-state index in [1.165, 1.54) is 0 Å². The van der Waals surface area contributed by atoms with Gasteiger partial charge in [0.1, 0.15) is 0 Å². The van der Waals surface area contributed by atoms with Crippen molar-refractivity contribution in [1.82, 2.24) is 14.8 Å². The molecule has 4 nitrogen and oxygen atoms in total. The van der Waals surface area contributed by atoms with Crippen LogP contribution in [0.15, 0.2) is 72.8 Å². The molecule has 28 heavy (non-hydrogen) atoms. The first-order valence-electron chi connectivity index (χ1n) is 9.46. The Labute approximate surface area is 167 Å². The molecule has 1 unspecified atom stereocenters. The van der Waals surface area contributed by atoms with Crippen molar-refractivity contribution >= 4 is 5.91 Å². The molecular formula is C24H27N3O. The van der Waals surface area contributed by atoms with E-state index in [-0.39, 0.29) is 11.9 Å². The van der Waals surface area contributed by atoms with Gasteiger partial charge in [-0.2, -0.15) is 0 Å². The van der Waals surface area contributed by atoms with Gasteiger partial charge in [-0.15, -0.1) is 0 Å². The first kappa shape index (κ1) is 19.8. The molecule has 1 aromatic heterocycles. The molecule has 0 radical (unpaired) electrons. The predicted octanol–water partition coefficient (Wildman–Crippen LogP) is 4.43. The van der Waals surface area contributed by atoms with Gasteiger partial charge in [-0.1, -0.05) is 48.5 Å². The molecule has 1 amide bonds. The molecule has 2 aromatic carbocycles. The number of nitrogens with zero attached hydrogens (tertiary/aromatic N) is 3. The van der Waals surface area contributed by atoms with Crippen molar-refractivity contribution in [2.24, 2.45) is 0 Å². The standard InChI is InChI=1S/C24H27N3O/c1-18-9-8-12-22(25-18)19-13-15-21(16-14-19)24(28)27(4)23(17-26(2)3)20-10-6-5-7-11-20/h5-16,23H,17H2,1-4H3. The van der Waals surface area contributed by atoms with E-state index in [0.717, 1.165) is 29.1 Å². The van der Waals surface area contributed by atoms with E-state index in [2.05, 4.69) is 22.0 Å². The zero-order valence-corrected chi connectivity index (χ0v) is 17.0. The lowest BCUT2D eigenvalue weighted by molar-refractivity contribution is 0.0705. The minimum absolute atomic E-state index is 0.0122. The van der Waals surface area contributed by atoms with Crippen LogP contribution in [-0.2, 0) is 0 Å². The molecule has 4 heteroatoms. The predicted molar refractivity (Wildman–Crippen MR) is 114 cm³/mol. The van der Waals surface area contributed by atoms with Crippen molar-refractivity contribution in [1.29, 1.82) is 0 Å². The van der Waals surface area contributed by atoms with Crippen LogP contribution in [0.25, 0.3) is 11.3 Å². The van der Waals surface area contributed by atoms with E-state index in [1.807, 2.05) is 93.6 Å². The average Bonchev–Trinajstić information content (AvgIpc) is 2.71. The van der Waals surface area contributed by atoms with Gasteiger partial charge in [-0.05, 0) is 50.8 Å². The lowest BCUT2D eigenvalue weighted by atomic mass is 10.0. The molecule has 0 aliphatic heterocycles. The molecule has 0 spiro atoms. The largest absolute Gasteiger partial charge is 0.333 e. The van der Waals surface area contributed by atoms with Crippen LogP contribution >= 0.6 is 0 Å². The first-order valence-corrected chi connectivity index (χ1v) is 9.46. The van der Waals surface area contributed by atoms with Crippen molar-refractivity contribution in [3.05, 3.63) is 89.6 Å². The summed E-state index contributed by atoms with van der Waals surface area (Å²) in [5, 5.41) is 0. The third-order valence-corrected chi connectivity index (χ3v) is 4.83. The van der Waals surface area contributed by atoms with Crippen molar-refractivity contribution in [2.75, 3.05) is 27.7 Å². The van der Waals surface area contributed by atoms with Crippen LogP contribution in [0.1, 0.15) is 27.7 Å². The Kier molecular flexibility index (Phi) is 6.22. The van der Waals surface area contributed by atoms with E-state index < -0.39 is 0 Å². The molecular weight excluding hydrogens is 346 g/mol. The van der Waals surface area contributed by atoms with Crippen molar-refractivity contribution in [2.45, 2.75) is 13.0 Å². The number of likely N-dealkylation sites (N-methyl/N-ethyl adjacent to an activating group) is 2. The topological polar surface area (TPSA) is 36.4 Å². The number of amides is 1. The van der Waals surface area contributed by atoms with Gasteiger partial charge < -0.3 is 9.80 Å². The molecule has 3 rings (SSSR count). The Balaban J connectivity index is 1.83. The number of hydrogen-bond donors (Lipinski definition) is 0. The summed E-state index contributed by atoms with van der Waals surface area (Å²) in [5.41, 5.74) is 4.72. The molecule has 0 saturated carbocycles. The second kappa shape index (κ2) is 8.81. The molecule has 0 fully saturated rings. The van der Waals surface area contributed by atoms with Crippen LogP contribution in [0, 0.1) is 6.92 Å². The molecule has 0 aliphatic carbocycles. The number of aromatic nitrogens is 1. The minimum atomic E-state index is -0.0122. The molecule has 3 aromatic rings. The van der Waals surface area contributed by atoms with Crippen LogP contribution in [0.3, 0.4) is 0 Å². The highest BCUT2D eigenvalue weighted by Gasteiger charge is 2.23. The Hall–Kier alpha value is -2.98. The average molecular weight is 374 g/mol. The van der Waals surface area contributed by atoms with Gasteiger partial charge in [0.2, 0.25) is 0 Å². The number of aryl methyl sites for hydroxylation is 1. The summed E-state index contributed by atoms with van der Waals surface area (Å²) in [6, 6.07) is 23.8. The molecule has 1 atom stereocenters. The fraction of sp³-hybridized carbons (Fsp3) is 0.250. The molecule has 0 N–H and O–H groups in total. The maximum Gasteiger partial charge on any atom is 0.254 e. The third-order valence-electron chi connectivity index (χ3n) is 4.83. The second-order valence-electron chi connectivity index (χ2n) is 7.35. The van der Waals surface area contributed by atoms with Gasteiger partial charge in [0, 0.05) is 30.4 Å². The molecule has 1 heterocycles. The number of hydrogen-bond acceptors (Lipinski definition) is 3. The van der Waals surface area contributed by atoms with Gasteiger partial charge >= 0.3 is 0 Å². The highest BCUT2D eigenvalue weighted by molar-refractivity contribution is 5.94. The second-order valence-corrected chi connectivity index (χ2v) is 7.35. The summed E-state index contributed by atoms with van der Waals surface area (Å²) in [6.07, 6.45) is 0. The quantitative estimate of drug-likeness (QED) is 0.641. The van der Waals surface area contributed by atoms with Gasteiger partial charge in [0.05, 0.1) is 11.7 Å². The van der Waals surface area contributed by atoms with Crippen molar-refractivity contribution in [3.8, 4) is 11.3 Å². The van der Waals surface area contributed by atoms with Gasteiger partial charge in [-0.25, -0.2) is 0 Å². The number of pyridine rings is 1. The van der Waals surface area contributed by atoms with Gasteiger partial charge in [0.15, 0.2) is 0 Å². The van der Waals surface area contributed by atoms with Crippen LogP contribution < -0.4 is 0 Å². The maximum absolute atomic E-state index is 13.1. The monoisotopic (exact) mass is 373 g/mol. The van der Waals surface area contributed by atoms with Crippen molar-refractivity contribution in [3.63, 3.8) is 0 Å². The van der Waals surface area contributed by atoms with Gasteiger partial charge in [0.25, 0.3) is 5.91 Å². The lowest BCUT2D eigenvalue weighted by Gasteiger charge is -2.31. The Bertz CT molecular complexity index is 920. The van der Waals surface area contributed by atoms with E-state index in [9.17, 15) is 4.79 Å². The normalized spacial score (nSPS) is 12.0. The van der Waals surface area contributed by atoms with Crippen LogP contribution in [0.4, 0.5) is 0 Å². The summed E-state index contributed by atoms with van der Waals surface area (Å²) in [7, 11) is 5.93. The first-order chi connectivity index (χ1) is 13.5. The Morgan fingerprint density at radius 3 is 2.18 bits per heavy atom. The molecule has 0 aliphatic rings. The SMILES string of the molecule is Cc1cccc(-c2ccc(C(=O)N(C)C(CN(C)C)c3ccccc3)cc2)n1. The Morgan fingerprint density at radius 2 is 1.57 bits per heavy atom. The zero-order chi connectivity index (χ0) is 20.1. The van der Waals surface area contributed by atoms with E-state index in [0.29, 0.717) is 5.56 Å². The number of carbonyl (C=O) groups is 1. The fourth-order valence-corrected chi connectivity index (χ4v) is 3.31. The van der Waals surface area contributed by atoms with E-state index in [4.69, 9.17) is 0 Å². The summed E-state index contributed by atoms with van der Waals surface area (Å²) in [4.78, 5) is 21.6. The van der Waals surface area contributed by atoms with E-state index >= 15 is 0 Å². The number of benzene rings is 2. The molecule has 144 valence electrons. The molecule has 0 bridgehead atoms. The fourth-order valence-electron chi connectivity index (χ4n) is 3.31. The zero-order valence-electron chi connectivity index (χ0n) is 17.0. The summed E-state index contributed by atoms with van der Waals surface area (Å²) >= 11 is 0. The summed E-state index contributed by atoms with van der Waals surface area (Å²) in [6.45, 7) is 2.74. The summed E-state index contributed by atoms with van der Waals surface area (Å²) < 4.78 is 0. The maximum atomic E-state index is 13.1. The highest BCUT2D eigenvalue weighted by atomic mass is 16.2. The number of carbonyl (C=O) groups excluding carboxylic acids is 1. The van der Waals surface area contributed by atoms with Crippen LogP contribution in [0.2, 0.25) is 0 Å². The Morgan fingerprint density at radius 1 is 0.893 bits per heavy atom. The third kappa shape index (κ3) is 4.65. The lowest BCUT2D eigenvalue weighted by Crippen LogP contribution is -2.37. The van der Waals surface area contributed by atoms with E-state index in [1.54, 1.807) is 0 Å². The molecule has 0 saturated heterocycles.